The highest BCUT2D eigenvalue weighted by Crippen LogP contribution is 2.29. The minimum Gasteiger partial charge on any atom is -0.493 e. The molecule has 1 N–H and O–H groups in total. The number of nitrogens with zero attached hydrogens (tertiary/aromatic N) is 1. The average Bonchev–Trinajstić information content (AvgIpc) is 2.68. The molecule has 0 atom stereocenters. The zero-order chi connectivity index (χ0) is 18.5. The second-order valence-corrected chi connectivity index (χ2v) is 5.82. The molecule has 5 nitrogen and oxygen atoms in total. The van der Waals surface area contributed by atoms with Gasteiger partial charge in [-0.2, -0.15) is 5.10 Å². The molecule has 26 heavy (non-hydrogen) atoms. The Hall–Kier alpha value is -3.34. The van der Waals surface area contributed by atoms with Crippen LogP contribution in [0.4, 0.5) is 0 Å². The molecule has 0 fully saturated rings. The highest BCUT2D eigenvalue weighted by Gasteiger charge is 2.08. The largest absolute Gasteiger partial charge is 0.493 e. The van der Waals surface area contributed by atoms with Crippen LogP contribution in [0.25, 0.3) is 10.8 Å². The minimum atomic E-state index is -0.259. The molecule has 3 rings (SSSR count). The monoisotopic (exact) mass is 348 g/mol. The van der Waals surface area contributed by atoms with Crippen LogP contribution in [0.2, 0.25) is 0 Å². The molecule has 0 heterocycles. The molecule has 0 saturated carbocycles. The number of aryl methyl sites for hydroxylation is 1. The summed E-state index contributed by atoms with van der Waals surface area (Å²) in [7, 11) is 3.17. The standard InChI is InChI=1S/C21H20N2O3/c1-14-10-19(25-2)20(26-3)12-18(14)13-22-23-21(24)17-9-8-15-6-4-5-7-16(15)11-17/h4-13H,1-3H3,(H,23,24)/b22-13-. The van der Waals surface area contributed by atoms with Crippen LogP contribution in [-0.2, 0) is 0 Å². The lowest BCUT2D eigenvalue weighted by molar-refractivity contribution is 0.0955. The summed E-state index contributed by atoms with van der Waals surface area (Å²) in [5, 5.41) is 6.17. The number of carbonyl (C=O) groups excluding carboxylic acids is 1. The Morgan fingerprint density at radius 2 is 1.65 bits per heavy atom. The maximum Gasteiger partial charge on any atom is 0.271 e. The molecule has 3 aromatic rings. The zero-order valence-corrected chi connectivity index (χ0v) is 14.9. The van der Waals surface area contributed by atoms with Crippen molar-refractivity contribution in [2.24, 2.45) is 5.10 Å². The third kappa shape index (κ3) is 3.67. The van der Waals surface area contributed by atoms with Gasteiger partial charge in [-0.25, -0.2) is 5.43 Å². The van der Waals surface area contributed by atoms with E-state index in [1.54, 1.807) is 26.5 Å². The first-order chi connectivity index (χ1) is 12.6. The van der Waals surface area contributed by atoms with Crippen molar-refractivity contribution >= 4 is 22.9 Å². The molecular weight excluding hydrogens is 328 g/mol. The summed E-state index contributed by atoms with van der Waals surface area (Å²) in [4.78, 5) is 12.3. The van der Waals surface area contributed by atoms with Gasteiger partial charge in [-0.1, -0.05) is 30.3 Å². The number of carbonyl (C=O) groups is 1. The first-order valence-corrected chi connectivity index (χ1v) is 8.17. The first-order valence-electron chi connectivity index (χ1n) is 8.17. The van der Waals surface area contributed by atoms with E-state index in [-0.39, 0.29) is 5.91 Å². The van der Waals surface area contributed by atoms with Gasteiger partial charge in [0.1, 0.15) is 0 Å². The summed E-state index contributed by atoms with van der Waals surface area (Å²) in [6.07, 6.45) is 1.59. The van der Waals surface area contributed by atoms with Gasteiger partial charge in [-0.3, -0.25) is 4.79 Å². The van der Waals surface area contributed by atoms with Gasteiger partial charge in [0.2, 0.25) is 0 Å². The fourth-order valence-electron chi connectivity index (χ4n) is 2.69. The summed E-state index contributed by atoms with van der Waals surface area (Å²) in [6.45, 7) is 1.94. The maximum atomic E-state index is 12.3. The van der Waals surface area contributed by atoms with Crippen molar-refractivity contribution in [3.8, 4) is 11.5 Å². The first kappa shape index (κ1) is 17.5. The van der Waals surface area contributed by atoms with E-state index in [2.05, 4.69) is 10.5 Å². The number of ether oxygens (including phenoxy) is 2. The van der Waals surface area contributed by atoms with Crippen molar-refractivity contribution in [2.75, 3.05) is 14.2 Å². The van der Waals surface area contributed by atoms with Gasteiger partial charge in [-0.05, 0) is 47.5 Å². The maximum absolute atomic E-state index is 12.3. The summed E-state index contributed by atoms with van der Waals surface area (Å²) in [5.41, 5.74) is 4.92. The Kier molecular flexibility index (Phi) is 5.17. The number of amides is 1. The molecule has 132 valence electrons. The lowest BCUT2D eigenvalue weighted by Gasteiger charge is -2.10. The highest BCUT2D eigenvalue weighted by molar-refractivity contribution is 5.99. The van der Waals surface area contributed by atoms with Crippen molar-refractivity contribution in [2.45, 2.75) is 6.92 Å². The lowest BCUT2D eigenvalue weighted by Crippen LogP contribution is -2.17. The molecule has 0 aromatic heterocycles. The quantitative estimate of drug-likeness (QED) is 0.561. The summed E-state index contributed by atoms with van der Waals surface area (Å²) in [5.74, 6) is 1.01. The van der Waals surface area contributed by atoms with Gasteiger partial charge < -0.3 is 9.47 Å². The van der Waals surface area contributed by atoms with Crippen LogP contribution in [0.5, 0.6) is 11.5 Å². The van der Waals surface area contributed by atoms with Gasteiger partial charge in [-0.15, -0.1) is 0 Å². The number of nitrogens with one attached hydrogen (secondary N) is 1. The number of hydrazone groups is 1. The van der Waals surface area contributed by atoms with E-state index in [9.17, 15) is 4.79 Å². The molecule has 0 unspecified atom stereocenters. The molecule has 0 aliphatic carbocycles. The SMILES string of the molecule is COc1cc(C)c(/C=N\NC(=O)c2ccc3ccccc3c2)cc1OC. The molecule has 3 aromatic carbocycles. The van der Waals surface area contributed by atoms with E-state index in [0.29, 0.717) is 17.1 Å². The fourth-order valence-corrected chi connectivity index (χ4v) is 2.69. The molecular formula is C21H20N2O3. The van der Waals surface area contributed by atoms with Crippen molar-refractivity contribution in [1.29, 1.82) is 0 Å². The van der Waals surface area contributed by atoms with E-state index in [1.807, 2.05) is 55.5 Å². The second-order valence-electron chi connectivity index (χ2n) is 5.82. The minimum absolute atomic E-state index is 0.259. The number of rotatable bonds is 5. The van der Waals surface area contributed by atoms with E-state index in [1.165, 1.54) is 0 Å². The lowest BCUT2D eigenvalue weighted by atomic mass is 10.1. The molecule has 0 aliphatic heterocycles. The number of hydrogen-bond acceptors (Lipinski definition) is 4. The predicted octanol–water partition coefficient (Wildman–Crippen LogP) is 3.93. The Bertz CT molecular complexity index is 980. The number of fused-ring (bicyclic) bond motifs is 1. The van der Waals surface area contributed by atoms with Crippen LogP contribution in [0, 0.1) is 6.92 Å². The topological polar surface area (TPSA) is 59.9 Å². The Balaban J connectivity index is 1.76. The van der Waals surface area contributed by atoms with Crippen LogP contribution in [0.3, 0.4) is 0 Å². The molecule has 0 aliphatic rings. The second kappa shape index (κ2) is 7.70. The van der Waals surface area contributed by atoms with Crippen LogP contribution in [-0.4, -0.2) is 26.3 Å². The van der Waals surface area contributed by atoms with E-state index >= 15 is 0 Å². The average molecular weight is 348 g/mol. The molecule has 0 radical (unpaired) electrons. The van der Waals surface area contributed by atoms with Gasteiger partial charge in [0.05, 0.1) is 20.4 Å². The molecule has 0 spiro atoms. The van der Waals surface area contributed by atoms with Crippen molar-refractivity contribution in [3.05, 3.63) is 71.3 Å². The third-order valence-electron chi connectivity index (χ3n) is 4.15. The number of methoxy groups -OCH3 is 2. The third-order valence-corrected chi connectivity index (χ3v) is 4.15. The van der Waals surface area contributed by atoms with Crippen molar-refractivity contribution < 1.29 is 14.3 Å². The molecule has 1 amide bonds. The molecule has 0 bridgehead atoms. The van der Waals surface area contributed by atoms with Crippen molar-refractivity contribution in [1.82, 2.24) is 5.43 Å². The van der Waals surface area contributed by atoms with E-state index < -0.39 is 0 Å². The highest BCUT2D eigenvalue weighted by atomic mass is 16.5. The van der Waals surface area contributed by atoms with Gasteiger partial charge >= 0.3 is 0 Å². The van der Waals surface area contributed by atoms with E-state index in [4.69, 9.17) is 9.47 Å². The normalized spacial score (nSPS) is 10.9. The number of benzene rings is 3. The van der Waals surface area contributed by atoms with Crippen LogP contribution < -0.4 is 14.9 Å². The molecule has 0 saturated heterocycles. The van der Waals surface area contributed by atoms with E-state index in [0.717, 1.165) is 21.9 Å². The Labute approximate surface area is 152 Å². The summed E-state index contributed by atoms with van der Waals surface area (Å²) >= 11 is 0. The van der Waals surface area contributed by atoms with Gasteiger partial charge in [0.25, 0.3) is 5.91 Å². The van der Waals surface area contributed by atoms with Crippen LogP contribution >= 0.6 is 0 Å². The Morgan fingerprint density at radius 1 is 0.962 bits per heavy atom. The van der Waals surface area contributed by atoms with Crippen LogP contribution in [0.1, 0.15) is 21.5 Å². The smallest absolute Gasteiger partial charge is 0.271 e. The predicted molar refractivity (Wildman–Crippen MR) is 103 cm³/mol. The number of hydrogen-bond donors (Lipinski definition) is 1. The van der Waals surface area contributed by atoms with Gasteiger partial charge in [0.15, 0.2) is 11.5 Å². The Morgan fingerprint density at radius 3 is 2.38 bits per heavy atom. The summed E-state index contributed by atoms with van der Waals surface area (Å²) in [6, 6.07) is 17.1. The summed E-state index contributed by atoms with van der Waals surface area (Å²) < 4.78 is 10.6. The van der Waals surface area contributed by atoms with Gasteiger partial charge in [0, 0.05) is 11.1 Å². The zero-order valence-electron chi connectivity index (χ0n) is 14.9. The van der Waals surface area contributed by atoms with Crippen LogP contribution in [0.15, 0.2) is 59.7 Å². The fraction of sp³-hybridized carbons (Fsp3) is 0.143. The van der Waals surface area contributed by atoms with Crippen molar-refractivity contribution in [3.63, 3.8) is 0 Å². The molecule has 5 heteroatoms.